The van der Waals surface area contributed by atoms with Gasteiger partial charge in [-0.25, -0.2) is 4.98 Å². The standard InChI is InChI=1S/C20H19N3O2S/c1-12-6-7-15(11-14(12)3)16-8-9-17(25-16)19(24)23-20(26)22-18-13(2)5-4-10-21-18/h4-11H,1-3H3,(H2,21,22,23,24,26). The molecule has 0 atom stereocenters. The van der Waals surface area contributed by atoms with Gasteiger partial charge in [-0.2, -0.15) is 0 Å². The minimum absolute atomic E-state index is 0.168. The summed E-state index contributed by atoms with van der Waals surface area (Å²) in [5.74, 6) is 1.03. The van der Waals surface area contributed by atoms with Crippen LogP contribution in [0.25, 0.3) is 11.3 Å². The first-order valence-corrected chi connectivity index (χ1v) is 8.56. The van der Waals surface area contributed by atoms with Crippen molar-refractivity contribution in [3.05, 3.63) is 71.1 Å². The molecule has 0 saturated heterocycles. The van der Waals surface area contributed by atoms with Crippen LogP contribution in [0.2, 0.25) is 0 Å². The van der Waals surface area contributed by atoms with E-state index in [1.54, 1.807) is 18.3 Å². The lowest BCUT2D eigenvalue weighted by atomic mass is 10.1. The van der Waals surface area contributed by atoms with Crippen LogP contribution in [0.3, 0.4) is 0 Å². The Morgan fingerprint density at radius 3 is 2.58 bits per heavy atom. The Labute approximate surface area is 157 Å². The van der Waals surface area contributed by atoms with E-state index in [2.05, 4.69) is 22.5 Å². The number of nitrogens with zero attached hydrogens (tertiary/aromatic N) is 1. The first-order chi connectivity index (χ1) is 12.4. The Bertz CT molecular complexity index is 979. The average molecular weight is 365 g/mol. The van der Waals surface area contributed by atoms with Crippen molar-refractivity contribution in [3.8, 4) is 11.3 Å². The fourth-order valence-corrected chi connectivity index (χ4v) is 2.62. The topological polar surface area (TPSA) is 67.2 Å². The van der Waals surface area contributed by atoms with Crippen LogP contribution in [-0.2, 0) is 0 Å². The van der Waals surface area contributed by atoms with E-state index in [1.807, 2.05) is 44.2 Å². The number of nitrogens with one attached hydrogen (secondary N) is 2. The molecule has 2 aromatic heterocycles. The van der Waals surface area contributed by atoms with Crippen molar-refractivity contribution in [1.29, 1.82) is 0 Å². The summed E-state index contributed by atoms with van der Waals surface area (Å²) in [6.07, 6.45) is 1.65. The SMILES string of the molecule is Cc1ccc(-c2ccc(C(=O)NC(=S)Nc3ncccc3C)o2)cc1C. The number of carbonyl (C=O) groups is 1. The molecule has 0 fully saturated rings. The van der Waals surface area contributed by atoms with Crippen LogP contribution >= 0.6 is 12.2 Å². The van der Waals surface area contributed by atoms with E-state index in [4.69, 9.17) is 16.6 Å². The molecule has 5 nitrogen and oxygen atoms in total. The van der Waals surface area contributed by atoms with Gasteiger partial charge in [-0.1, -0.05) is 18.2 Å². The molecule has 3 rings (SSSR count). The third-order valence-corrected chi connectivity index (χ3v) is 4.29. The van der Waals surface area contributed by atoms with Crippen LogP contribution < -0.4 is 10.6 Å². The summed E-state index contributed by atoms with van der Waals surface area (Å²) < 4.78 is 5.69. The number of hydrogen-bond donors (Lipinski definition) is 2. The average Bonchev–Trinajstić information content (AvgIpc) is 3.09. The van der Waals surface area contributed by atoms with Crippen LogP contribution in [0.15, 0.2) is 53.1 Å². The molecule has 2 N–H and O–H groups in total. The highest BCUT2D eigenvalue weighted by Gasteiger charge is 2.14. The molecule has 0 aliphatic rings. The van der Waals surface area contributed by atoms with Crippen molar-refractivity contribution in [2.75, 3.05) is 5.32 Å². The Kier molecular flexibility index (Phi) is 5.14. The first-order valence-electron chi connectivity index (χ1n) is 8.15. The lowest BCUT2D eigenvalue weighted by Crippen LogP contribution is -2.34. The summed E-state index contributed by atoms with van der Waals surface area (Å²) in [7, 11) is 0. The number of rotatable bonds is 3. The Morgan fingerprint density at radius 1 is 1.04 bits per heavy atom. The zero-order valence-electron chi connectivity index (χ0n) is 14.8. The Hall–Kier alpha value is -2.99. The summed E-state index contributed by atoms with van der Waals surface area (Å²) >= 11 is 5.18. The number of thiocarbonyl (C=S) groups is 1. The van der Waals surface area contributed by atoms with Crippen LogP contribution in [0.5, 0.6) is 0 Å². The summed E-state index contributed by atoms with van der Waals surface area (Å²) in [4.78, 5) is 16.5. The van der Waals surface area contributed by atoms with Crippen molar-refractivity contribution < 1.29 is 9.21 Å². The summed E-state index contributed by atoms with van der Waals surface area (Å²) in [6, 6.07) is 13.2. The van der Waals surface area contributed by atoms with Gasteiger partial charge in [-0.15, -0.1) is 0 Å². The van der Waals surface area contributed by atoms with Gasteiger partial charge in [0.25, 0.3) is 5.91 Å². The third kappa shape index (κ3) is 3.97. The lowest BCUT2D eigenvalue weighted by molar-refractivity contribution is 0.0951. The predicted molar refractivity (Wildman–Crippen MR) is 106 cm³/mol. The molecule has 3 aromatic rings. The molecule has 0 spiro atoms. The van der Waals surface area contributed by atoms with E-state index >= 15 is 0 Å². The largest absolute Gasteiger partial charge is 0.451 e. The van der Waals surface area contributed by atoms with Gasteiger partial charge >= 0.3 is 0 Å². The zero-order chi connectivity index (χ0) is 18.7. The number of hydrogen-bond acceptors (Lipinski definition) is 4. The maximum atomic E-state index is 12.3. The zero-order valence-corrected chi connectivity index (χ0v) is 15.6. The molecular weight excluding hydrogens is 346 g/mol. The highest BCUT2D eigenvalue weighted by Crippen LogP contribution is 2.24. The fourth-order valence-electron chi connectivity index (χ4n) is 2.43. The van der Waals surface area contributed by atoms with Crippen molar-refractivity contribution in [2.24, 2.45) is 0 Å². The molecule has 0 aliphatic heterocycles. The molecule has 26 heavy (non-hydrogen) atoms. The number of amides is 1. The number of pyridine rings is 1. The second kappa shape index (κ2) is 7.49. The van der Waals surface area contributed by atoms with Gasteiger partial charge in [0.2, 0.25) is 0 Å². The summed E-state index contributed by atoms with van der Waals surface area (Å²) in [6.45, 7) is 6.00. The highest BCUT2D eigenvalue weighted by molar-refractivity contribution is 7.80. The molecule has 0 saturated carbocycles. The van der Waals surface area contributed by atoms with Crippen LogP contribution in [0.4, 0.5) is 5.82 Å². The van der Waals surface area contributed by atoms with Gasteiger partial charge in [-0.3, -0.25) is 10.1 Å². The summed E-state index contributed by atoms with van der Waals surface area (Å²) in [5.41, 5.74) is 4.23. The number of carbonyl (C=O) groups excluding carboxylic acids is 1. The van der Waals surface area contributed by atoms with Gasteiger partial charge in [0.1, 0.15) is 11.6 Å². The fraction of sp³-hybridized carbons (Fsp3) is 0.150. The van der Waals surface area contributed by atoms with Gasteiger partial charge in [0.05, 0.1) is 0 Å². The second-order valence-electron chi connectivity index (χ2n) is 6.04. The van der Waals surface area contributed by atoms with Gasteiger partial charge in [0, 0.05) is 11.8 Å². The normalized spacial score (nSPS) is 10.4. The van der Waals surface area contributed by atoms with E-state index in [9.17, 15) is 4.79 Å². The third-order valence-electron chi connectivity index (χ3n) is 4.09. The number of furan rings is 1. The van der Waals surface area contributed by atoms with Gasteiger partial charge in [-0.05, 0) is 73.9 Å². The maximum absolute atomic E-state index is 12.3. The van der Waals surface area contributed by atoms with E-state index in [-0.39, 0.29) is 10.9 Å². The quantitative estimate of drug-likeness (QED) is 0.674. The molecular formula is C20H19N3O2S. The number of aromatic nitrogens is 1. The van der Waals surface area contributed by atoms with Crippen molar-refractivity contribution in [3.63, 3.8) is 0 Å². The van der Waals surface area contributed by atoms with Crippen molar-refractivity contribution in [2.45, 2.75) is 20.8 Å². The minimum atomic E-state index is -0.411. The molecule has 2 heterocycles. The minimum Gasteiger partial charge on any atom is -0.451 e. The highest BCUT2D eigenvalue weighted by atomic mass is 32.1. The molecule has 132 valence electrons. The molecule has 0 bridgehead atoms. The van der Waals surface area contributed by atoms with Crippen LogP contribution in [0.1, 0.15) is 27.2 Å². The molecule has 0 unspecified atom stereocenters. The molecule has 0 aliphatic carbocycles. The number of benzene rings is 1. The smallest absolute Gasteiger partial charge is 0.293 e. The number of aryl methyl sites for hydroxylation is 3. The van der Waals surface area contributed by atoms with Crippen molar-refractivity contribution in [1.82, 2.24) is 10.3 Å². The van der Waals surface area contributed by atoms with E-state index in [0.717, 1.165) is 11.1 Å². The predicted octanol–water partition coefficient (Wildman–Crippen LogP) is 4.39. The molecule has 1 amide bonds. The molecule has 1 aromatic carbocycles. The first kappa shape index (κ1) is 17.8. The van der Waals surface area contributed by atoms with Crippen LogP contribution in [0, 0.1) is 20.8 Å². The second-order valence-corrected chi connectivity index (χ2v) is 6.45. The maximum Gasteiger partial charge on any atom is 0.293 e. The lowest BCUT2D eigenvalue weighted by Gasteiger charge is -2.09. The van der Waals surface area contributed by atoms with Gasteiger partial charge < -0.3 is 9.73 Å². The Balaban J connectivity index is 1.69. The van der Waals surface area contributed by atoms with E-state index in [1.165, 1.54) is 11.1 Å². The van der Waals surface area contributed by atoms with Crippen molar-refractivity contribution >= 4 is 29.1 Å². The molecule has 0 radical (unpaired) electrons. The monoisotopic (exact) mass is 365 g/mol. The van der Waals surface area contributed by atoms with E-state index in [0.29, 0.717) is 11.6 Å². The number of anilines is 1. The molecule has 6 heteroatoms. The van der Waals surface area contributed by atoms with Gasteiger partial charge in [0.15, 0.2) is 10.9 Å². The Morgan fingerprint density at radius 2 is 1.85 bits per heavy atom. The van der Waals surface area contributed by atoms with Crippen LogP contribution in [-0.4, -0.2) is 16.0 Å². The van der Waals surface area contributed by atoms with E-state index < -0.39 is 5.91 Å². The summed E-state index contributed by atoms with van der Waals surface area (Å²) in [5, 5.41) is 5.68.